The fraction of sp³-hybridized carbons (Fsp3) is 0.867. The molecule has 0 bridgehead atoms. The van der Waals surface area contributed by atoms with Crippen LogP contribution in [0.15, 0.2) is 48.6 Å². The average molecular weight is 1140 g/mol. The number of esters is 1. The summed E-state index contributed by atoms with van der Waals surface area (Å²) in [7, 11) is 0. The van der Waals surface area contributed by atoms with Crippen LogP contribution in [0.4, 0.5) is 0 Å². The van der Waals surface area contributed by atoms with Crippen molar-refractivity contribution in [2.45, 2.75) is 405 Å². The van der Waals surface area contributed by atoms with Crippen LogP contribution in [0.3, 0.4) is 0 Å². The minimum absolute atomic E-state index is 0.0101. The van der Waals surface area contributed by atoms with Gasteiger partial charge in [0.15, 0.2) is 0 Å². The van der Waals surface area contributed by atoms with Crippen molar-refractivity contribution in [2.24, 2.45) is 0 Å². The summed E-state index contributed by atoms with van der Waals surface area (Å²) in [6, 6.07) is -0.625. The number of carbonyl (C=O) groups is 2. The number of aliphatic hydroxyl groups excluding tert-OH is 2. The van der Waals surface area contributed by atoms with Crippen LogP contribution >= 0.6 is 0 Å². The molecular weight excluding hydrogens is 995 g/mol. The molecule has 0 rings (SSSR count). The van der Waals surface area contributed by atoms with Gasteiger partial charge in [-0.3, -0.25) is 9.59 Å². The molecule has 0 aromatic carbocycles. The molecule has 3 N–H and O–H groups in total. The summed E-state index contributed by atoms with van der Waals surface area (Å²) in [6.07, 6.45) is 92.1. The zero-order chi connectivity index (χ0) is 58.5. The molecule has 2 atom stereocenters. The van der Waals surface area contributed by atoms with Crippen LogP contribution in [0, 0.1) is 0 Å². The van der Waals surface area contributed by atoms with Crippen molar-refractivity contribution in [1.82, 2.24) is 5.32 Å². The van der Waals surface area contributed by atoms with Crippen LogP contribution in [0.2, 0.25) is 0 Å². The van der Waals surface area contributed by atoms with Crippen molar-refractivity contribution in [2.75, 3.05) is 13.2 Å². The molecule has 0 aliphatic carbocycles. The number of hydrogen-bond acceptors (Lipinski definition) is 5. The molecule has 0 fully saturated rings. The van der Waals surface area contributed by atoms with E-state index >= 15 is 0 Å². The van der Waals surface area contributed by atoms with Crippen molar-refractivity contribution in [3.8, 4) is 0 Å². The SMILES string of the molecule is CCCCCCC/C=C\CCCCCCCC(=O)OCCCCCCCCCCCCCCC/C=C\C/C=C\CCCCCCCCCCCCCCCCCCCC(=O)NC(CO)C(O)/C=C/CCCCCCCCCCCCC. The lowest BCUT2D eigenvalue weighted by molar-refractivity contribution is -0.143. The van der Waals surface area contributed by atoms with Crippen molar-refractivity contribution < 1.29 is 24.5 Å². The Bertz CT molecular complexity index is 1360. The minimum Gasteiger partial charge on any atom is -0.466 e. The van der Waals surface area contributed by atoms with Gasteiger partial charge in [-0.25, -0.2) is 0 Å². The lowest BCUT2D eigenvalue weighted by atomic mass is 10.0. The second kappa shape index (κ2) is 70.3. The number of nitrogens with one attached hydrogen (secondary N) is 1. The Morgan fingerprint density at radius 1 is 0.346 bits per heavy atom. The molecule has 0 heterocycles. The van der Waals surface area contributed by atoms with Gasteiger partial charge in [0.05, 0.1) is 25.4 Å². The molecule has 0 aliphatic heterocycles. The molecule has 476 valence electrons. The van der Waals surface area contributed by atoms with E-state index in [1.54, 1.807) is 6.08 Å². The number of hydrogen-bond donors (Lipinski definition) is 3. The predicted octanol–water partition coefficient (Wildman–Crippen LogP) is 23.6. The van der Waals surface area contributed by atoms with Crippen LogP contribution < -0.4 is 5.32 Å². The third-order valence-corrected chi connectivity index (χ3v) is 16.8. The standard InChI is InChI=1S/C75H141NO5/c1-3-5-7-9-11-13-15-17-45-49-53-57-61-65-69-75(80)81-70-66-62-58-54-50-46-42-40-38-36-34-32-30-28-26-24-22-20-18-19-21-23-25-27-29-31-33-35-37-39-41-44-48-52-56-60-64-68-74(79)76-72(71-77)73(78)67-63-59-55-51-47-43-16-14-12-10-8-6-4-2/h15,17-18,20,24,26,63,67,72-73,77-78H,3-14,16,19,21-23,25,27-62,64-66,68-71H2,1-2H3,(H,76,79)/b17-15-,20-18-,26-24-,67-63+. The van der Waals surface area contributed by atoms with E-state index < -0.39 is 12.1 Å². The largest absolute Gasteiger partial charge is 0.466 e. The van der Waals surface area contributed by atoms with Gasteiger partial charge in [0, 0.05) is 12.8 Å². The van der Waals surface area contributed by atoms with E-state index in [4.69, 9.17) is 4.74 Å². The van der Waals surface area contributed by atoms with Crippen molar-refractivity contribution in [1.29, 1.82) is 0 Å². The summed E-state index contributed by atoms with van der Waals surface area (Å²) in [5.74, 6) is -0.0541. The number of aliphatic hydroxyl groups is 2. The van der Waals surface area contributed by atoms with Crippen molar-refractivity contribution in [3.05, 3.63) is 48.6 Å². The smallest absolute Gasteiger partial charge is 0.305 e. The van der Waals surface area contributed by atoms with E-state index in [9.17, 15) is 19.8 Å². The molecule has 0 spiro atoms. The zero-order valence-electron chi connectivity index (χ0n) is 54.5. The van der Waals surface area contributed by atoms with Gasteiger partial charge in [0.1, 0.15) is 0 Å². The highest BCUT2D eigenvalue weighted by Gasteiger charge is 2.18. The van der Waals surface area contributed by atoms with E-state index in [1.807, 2.05) is 6.08 Å². The van der Waals surface area contributed by atoms with E-state index in [1.165, 1.54) is 315 Å². The highest BCUT2D eigenvalue weighted by Crippen LogP contribution is 2.18. The molecule has 0 aromatic rings. The van der Waals surface area contributed by atoms with Crippen molar-refractivity contribution in [3.63, 3.8) is 0 Å². The molecule has 6 nitrogen and oxygen atoms in total. The van der Waals surface area contributed by atoms with Gasteiger partial charge >= 0.3 is 5.97 Å². The Hall–Kier alpha value is -2.18. The fourth-order valence-electron chi connectivity index (χ4n) is 11.3. The van der Waals surface area contributed by atoms with Crippen molar-refractivity contribution >= 4 is 11.9 Å². The summed E-state index contributed by atoms with van der Waals surface area (Å²) < 4.78 is 5.49. The first-order chi connectivity index (χ1) is 40.0. The summed E-state index contributed by atoms with van der Waals surface area (Å²) in [4.78, 5) is 24.5. The van der Waals surface area contributed by atoms with Gasteiger partial charge in [-0.05, 0) is 89.9 Å². The summed E-state index contributed by atoms with van der Waals surface area (Å²) >= 11 is 0. The highest BCUT2D eigenvalue weighted by atomic mass is 16.5. The monoisotopic (exact) mass is 1140 g/mol. The molecule has 81 heavy (non-hydrogen) atoms. The molecule has 1 amide bonds. The maximum Gasteiger partial charge on any atom is 0.305 e. The number of amides is 1. The summed E-state index contributed by atoms with van der Waals surface area (Å²) in [5, 5.41) is 23.1. The van der Waals surface area contributed by atoms with Gasteiger partial charge in [-0.2, -0.15) is 0 Å². The van der Waals surface area contributed by atoms with E-state index in [2.05, 4.69) is 55.6 Å². The minimum atomic E-state index is -0.842. The van der Waals surface area contributed by atoms with Crippen LogP contribution in [-0.2, 0) is 14.3 Å². The molecular formula is C75H141NO5. The van der Waals surface area contributed by atoms with Gasteiger partial charge in [-0.15, -0.1) is 0 Å². The highest BCUT2D eigenvalue weighted by molar-refractivity contribution is 5.76. The third kappa shape index (κ3) is 66.8. The van der Waals surface area contributed by atoms with Crippen LogP contribution in [0.1, 0.15) is 393 Å². The number of ether oxygens (including phenoxy) is 1. The summed E-state index contributed by atoms with van der Waals surface area (Å²) in [6.45, 7) is 4.91. The van der Waals surface area contributed by atoms with Gasteiger partial charge in [0.2, 0.25) is 5.91 Å². The Balaban J connectivity index is 3.37. The first-order valence-corrected chi connectivity index (χ1v) is 36.4. The zero-order valence-corrected chi connectivity index (χ0v) is 54.5. The molecule has 0 aliphatic rings. The second-order valence-corrected chi connectivity index (χ2v) is 24.9. The quantitative estimate of drug-likeness (QED) is 0.0320. The molecule has 2 unspecified atom stereocenters. The maximum atomic E-state index is 12.5. The molecule has 6 heteroatoms. The van der Waals surface area contributed by atoms with E-state index in [0.29, 0.717) is 19.4 Å². The average Bonchev–Trinajstić information content (AvgIpc) is 3.47. The van der Waals surface area contributed by atoms with Gasteiger partial charge in [0.25, 0.3) is 0 Å². The number of rotatable bonds is 68. The number of carbonyl (C=O) groups excluding carboxylic acids is 2. The van der Waals surface area contributed by atoms with E-state index in [-0.39, 0.29) is 18.5 Å². The third-order valence-electron chi connectivity index (χ3n) is 16.8. The molecule has 0 saturated carbocycles. The van der Waals surface area contributed by atoms with E-state index in [0.717, 1.165) is 51.4 Å². The summed E-state index contributed by atoms with van der Waals surface area (Å²) in [5.41, 5.74) is 0. The predicted molar refractivity (Wildman–Crippen MR) is 356 cm³/mol. The Morgan fingerprint density at radius 2 is 0.617 bits per heavy atom. The molecule has 0 saturated heterocycles. The Morgan fingerprint density at radius 3 is 0.951 bits per heavy atom. The van der Waals surface area contributed by atoms with Crippen LogP contribution in [-0.4, -0.2) is 47.4 Å². The van der Waals surface area contributed by atoms with Crippen LogP contribution in [0.25, 0.3) is 0 Å². The Kier molecular flexibility index (Phi) is 68.4. The van der Waals surface area contributed by atoms with Gasteiger partial charge in [-0.1, -0.05) is 339 Å². The Labute approximate surface area is 506 Å². The molecule has 0 radical (unpaired) electrons. The fourth-order valence-corrected chi connectivity index (χ4v) is 11.3. The first-order valence-electron chi connectivity index (χ1n) is 36.4. The second-order valence-electron chi connectivity index (χ2n) is 24.9. The lowest BCUT2D eigenvalue weighted by Gasteiger charge is -2.20. The van der Waals surface area contributed by atoms with Gasteiger partial charge < -0.3 is 20.3 Å². The van der Waals surface area contributed by atoms with Crippen LogP contribution in [0.5, 0.6) is 0 Å². The maximum absolute atomic E-state index is 12.5. The molecule has 0 aromatic heterocycles. The number of allylic oxidation sites excluding steroid dienone is 7. The normalized spacial score (nSPS) is 12.8. The lowest BCUT2D eigenvalue weighted by Crippen LogP contribution is -2.45. The topological polar surface area (TPSA) is 95.9 Å². The number of unbranched alkanes of at least 4 members (excludes halogenated alkanes) is 51. The first kappa shape index (κ1) is 78.8.